The number of benzene rings is 1. The highest BCUT2D eigenvalue weighted by Gasteiger charge is 2.16. The van der Waals surface area contributed by atoms with E-state index < -0.39 is 5.91 Å². The number of allylic oxidation sites excluding steroid dienone is 3. The monoisotopic (exact) mass is 272 g/mol. The number of aryl methyl sites for hydroxylation is 1. The maximum Gasteiger partial charge on any atom is 0.279 e. The largest absolute Gasteiger partial charge is 0.398 e. The van der Waals surface area contributed by atoms with Crippen molar-refractivity contribution >= 4 is 11.6 Å². The highest BCUT2D eigenvalue weighted by Crippen LogP contribution is 2.17. The number of rotatable bonds is 4. The molecule has 0 heterocycles. The number of carbonyl (C=O) groups excluding carboxylic acids is 1. The summed E-state index contributed by atoms with van der Waals surface area (Å²) in [6, 6.07) is 5.22. The van der Waals surface area contributed by atoms with Gasteiger partial charge in [-0.2, -0.15) is 0 Å². The van der Waals surface area contributed by atoms with Crippen molar-refractivity contribution in [1.29, 1.82) is 0 Å². The Morgan fingerprint density at radius 3 is 2.90 bits per heavy atom. The lowest BCUT2D eigenvalue weighted by Gasteiger charge is -2.17. The Bertz CT molecular complexity index is 562. The second-order valence-corrected chi connectivity index (χ2v) is 5.03. The van der Waals surface area contributed by atoms with Gasteiger partial charge in [0.1, 0.15) is 0 Å². The number of amides is 1. The fraction of sp³-hybridized carbons (Fsp3) is 0.312. The van der Waals surface area contributed by atoms with E-state index >= 15 is 0 Å². The zero-order valence-corrected chi connectivity index (χ0v) is 11.7. The number of hydroxylamine groups is 2. The molecule has 2 rings (SSSR count). The van der Waals surface area contributed by atoms with Crippen molar-refractivity contribution in [3.63, 3.8) is 0 Å². The first-order valence-electron chi connectivity index (χ1n) is 6.80. The molecule has 106 valence electrons. The zero-order chi connectivity index (χ0) is 14.5. The van der Waals surface area contributed by atoms with Crippen molar-refractivity contribution in [1.82, 2.24) is 5.06 Å². The number of hydrogen-bond acceptors (Lipinski definition) is 3. The van der Waals surface area contributed by atoms with Gasteiger partial charge in [-0.05, 0) is 38.3 Å². The van der Waals surface area contributed by atoms with Crippen LogP contribution in [0, 0.1) is 6.92 Å². The summed E-state index contributed by atoms with van der Waals surface area (Å²) in [7, 11) is 0. The van der Waals surface area contributed by atoms with Gasteiger partial charge in [-0.3, -0.25) is 10.0 Å². The third kappa shape index (κ3) is 3.48. The number of nitrogens with zero attached hydrogens (tertiary/aromatic N) is 1. The number of anilines is 1. The average molecular weight is 272 g/mol. The van der Waals surface area contributed by atoms with E-state index in [0.717, 1.165) is 29.0 Å². The van der Waals surface area contributed by atoms with Gasteiger partial charge in [-0.1, -0.05) is 35.4 Å². The molecule has 0 fully saturated rings. The van der Waals surface area contributed by atoms with E-state index in [0.29, 0.717) is 17.7 Å². The lowest BCUT2D eigenvalue weighted by Crippen LogP contribution is -2.29. The van der Waals surface area contributed by atoms with Crippen molar-refractivity contribution in [2.24, 2.45) is 0 Å². The predicted molar refractivity (Wildman–Crippen MR) is 79.5 cm³/mol. The molecular formula is C16H20N2O2. The van der Waals surface area contributed by atoms with Crippen LogP contribution in [-0.2, 0) is 0 Å². The molecule has 0 saturated carbocycles. The molecule has 0 aromatic heterocycles. The van der Waals surface area contributed by atoms with Crippen molar-refractivity contribution in [3.05, 3.63) is 53.1 Å². The van der Waals surface area contributed by atoms with Crippen LogP contribution in [0.4, 0.5) is 5.69 Å². The van der Waals surface area contributed by atoms with Gasteiger partial charge in [0.2, 0.25) is 0 Å². The van der Waals surface area contributed by atoms with Gasteiger partial charge in [0, 0.05) is 5.69 Å². The summed E-state index contributed by atoms with van der Waals surface area (Å²) < 4.78 is 0. The van der Waals surface area contributed by atoms with E-state index in [9.17, 15) is 10.0 Å². The molecule has 4 nitrogen and oxygen atoms in total. The van der Waals surface area contributed by atoms with Crippen LogP contribution >= 0.6 is 0 Å². The third-order valence-electron chi connectivity index (χ3n) is 3.36. The van der Waals surface area contributed by atoms with E-state index in [-0.39, 0.29) is 6.54 Å². The molecule has 1 aromatic carbocycles. The van der Waals surface area contributed by atoms with E-state index in [1.807, 2.05) is 19.1 Å². The molecule has 1 aliphatic carbocycles. The fourth-order valence-corrected chi connectivity index (χ4v) is 2.18. The highest BCUT2D eigenvalue weighted by molar-refractivity contribution is 5.98. The van der Waals surface area contributed by atoms with Crippen molar-refractivity contribution in [3.8, 4) is 0 Å². The number of hydrogen-bond donors (Lipinski definition) is 2. The SMILES string of the molecule is Cc1ccc(N)c(C(=O)N(O)CCC2=CCCC=C2)c1. The van der Waals surface area contributed by atoms with Crippen LogP contribution in [0.1, 0.15) is 35.2 Å². The molecule has 0 atom stereocenters. The quantitative estimate of drug-likeness (QED) is 0.503. The Morgan fingerprint density at radius 2 is 2.20 bits per heavy atom. The first-order valence-corrected chi connectivity index (χ1v) is 6.80. The van der Waals surface area contributed by atoms with Crippen LogP contribution in [0.3, 0.4) is 0 Å². The van der Waals surface area contributed by atoms with Crippen LogP contribution < -0.4 is 5.73 Å². The summed E-state index contributed by atoms with van der Waals surface area (Å²) in [4.78, 5) is 12.1. The molecule has 1 aliphatic rings. The van der Waals surface area contributed by atoms with E-state index in [1.54, 1.807) is 12.1 Å². The topological polar surface area (TPSA) is 66.6 Å². The summed E-state index contributed by atoms with van der Waals surface area (Å²) in [6.45, 7) is 2.15. The van der Waals surface area contributed by atoms with Gasteiger partial charge in [0.25, 0.3) is 5.91 Å². The van der Waals surface area contributed by atoms with Crippen molar-refractivity contribution in [2.45, 2.75) is 26.2 Å². The van der Waals surface area contributed by atoms with Gasteiger partial charge >= 0.3 is 0 Å². The minimum Gasteiger partial charge on any atom is -0.398 e. The molecule has 1 aromatic rings. The van der Waals surface area contributed by atoms with Crippen molar-refractivity contribution < 1.29 is 10.0 Å². The van der Waals surface area contributed by atoms with Crippen molar-refractivity contribution in [2.75, 3.05) is 12.3 Å². The Hall–Kier alpha value is -2.07. The molecule has 0 saturated heterocycles. The molecule has 3 N–H and O–H groups in total. The molecular weight excluding hydrogens is 252 g/mol. The Kier molecular flexibility index (Phi) is 4.58. The molecule has 0 unspecified atom stereocenters. The third-order valence-corrected chi connectivity index (χ3v) is 3.36. The molecule has 0 aliphatic heterocycles. The number of carbonyl (C=O) groups is 1. The molecule has 0 bridgehead atoms. The molecule has 0 radical (unpaired) electrons. The summed E-state index contributed by atoms with van der Waals surface area (Å²) in [6.07, 6.45) is 9.02. The minimum absolute atomic E-state index is 0.266. The van der Waals surface area contributed by atoms with E-state index in [1.165, 1.54) is 0 Å². The molecule has 20 heavy (non-hydrogen) atoms. The molecule has 0 spiro atoms. The minimum atomic E-state index is -0.452. The fourth-order valence-electron chi connectivity index (χ4n) is 2.18. The Morgan fingerprint density at radius 1 is 1.40 bits per heavy atom. The maximum absolute atomic E-state index is 12.1. The summed E-state index contributed by atoms with van der Waals surface area (Å²) in [5.41, 5.74) is 8.61. The second kappa shape index (κ2) is 6.39. The van der Waals surface area contributed by atoms with Crippen LogP contribution in [0.5, 0.6) is 0 Å². The first-order chi connectivity index (χ1) is 9.58. The summed E-state index contributed by atoms with van der Waals surface area (Å²) >= 11 is 0. The summed E-state index contributed by atoms with van der Waals surface area (Å²) in [5.74, 6) is -0.452. The smallest absolute Gasteiger partial charge is 0.279 e. The summed E-state index contributed by atoms with van der Waals surface area (Å²) in [5, 5.41) is 10.6. The lowest BCUT2D eigenvalue weighted by molar-refractivity contribution is -0.0569. The van der Waals surface area contributed by atoms with E-state index in [2.05, 4.69) is 12.2 Å². The first kappa shape index (κ1) is 14.3. The van der Waals surface area contributed by atoms with Crippen LogP contribution in [0.2, 0.25) is 0 Å². The van der Waals surface area contributed by atoms with Crippen LogP contribution in [-0.4, -0.2) is 22.7 Å². The number of nitrogen functional groups attached to an aromatic ring is 1. The van der Waals surface area contributed by atoms with E-state index in [4.69, 9.17) is 5.73 Å². The van der Waals surface area contributed by atoms with Gasteiger partial charge in [0.05, 0.1) is 12.1 Å². The normalized spacial score (nSPS) is 14.0. The van der Waals surface area contributed by atoms with Gasteiger partial charge in [-0.25, -0.2) is 5.06 Å². The average Bonchev–Trinajstić information content (AvgIpc) is 2.47. The lowest BCUT2D eigenvalue weighted by atomic mass is 10.0. The Labute approximate surface area is 119 Å². The van der Waals surface area contributed by atoms with Gasteiger partial charge < -0.3 is 5.73 Å². The number of nitrogens with two attached hydrogens (primary N) is 1. The zero-order valence-electron chi connectivity index (χ0n) is 11.7. The molecule has 1 amide bonds. The van der Waals surface area contributed by atoms with Gasteiger partial charge in [0.15, 0.2) is 0 Å². The highest BCUT2D eigenvalue weighted by atomic mass is 16.5. The predicted octanol–water partition coefficient (Wildman–Crippen LogP) is 3.08. The standard InChI is InChI=1S/C16H20N2O2/c1-12-7-8-15(17)14(11-12)16(19)18(20)10-9-13-5-3-2-4-6-13/h3,5-8,11,20H,2,4,9-10,17H2,1H3. The Balaban J connectivity index is 1.99. The van der Waals surface area contributed by atoms with Gasteiger partial charge in [-0.15, -0.1) is 0 Å². The maximum atomic E-state index is 12.1. The second-order valence-electron chi connectivity index (χ2n) is 5.03. The van der Waals surface area contributed by atoms with Crippen LogP contribution in [0.15, 0.2) is 42.0 Å². The van der Waals surface area contributed by atoms with Crippen LogP contribution in [0.25, 0.3) is 0 Å². The molecule has 4 heteroatoms.